The van der Waals surface area contributed by atoms with Crippen LogP contribution < -0.4 is 5.32 Å². The lowest BCUT2D eigenvalue weighted by atomic mass is 10.2. The van der Waals surface area contributed by atoms with Crippen molar-refractivity contribution in [2.45, 2.75) is 25.3 Å². The monoisotopic (exact) mass is 190 g/mol. The molecule has 0 bridgehead atoms. The standard InChI is InChI=1S/C11H14N2O/c1-2-8-4-9(5-12-11(8)3-1)13-10-6-14-7-10/h4-5,10,13H,1-3,6-7H2. The Kier molecular flexibility index (Phi) is 1.91. The molecular formula is C11H14N2O. The topological polar surface area (TPSA) is 34.2 Å². The molecular weight excluding hydrogens is 176 g/mol. The number of ether oxygens (including phenoxy) is 1. The second kappa shape index (κ2) is 3.24. The molecule has 0 saturated carbocycles. The molecule has 3 heteroatoms. The molecule has 3 nitrogen and oxygen atoms in total. The van der Waals surface area contributed by atoms with Crippen molar-refractivity contribution in [2.75, 3.05) is 18.5 Å². The number of anilines is 1. The molecule has 1 aromatic heterocycles. The molecule has 0 unspecified atom stereocenters. The number of fused-ring (bicyclic) bond motifs is 1. The molecule has 1 N–H and O–H groups in total. The van der Waals surface area contributed by atoms with Gasteiger partial charge in [0.15, 0.2) is 0 Å². The summed E-state index contributed by atoms with van der Waals surface area (Å²) < 4.78 is 5.12. The summed E-state index contributed by atoms with van der Waals surface area (Å²) in [5.74, 6) is 0. The number of nitrogens with zero attached hydrogens (tertiary/aromatic N) is 1. The maximum absolute atomic E-state index is 5.12. The summed E-state index contributed by atoms with van der Waals surface area (Å²) in [4.78, 5) is 4.47. The summed E-state index contributed by atoms with van der Waals surface area (Å²) in [6.07, 6.45) is 5.56. The number of nitrogens with one attached hydrogen (secondary N) is 1. The van der Waals surface area contributed by atoms with Crippen molar-refractivity contribution in [3.63, 3.8) is 0 Å². The zero-order valence-corrected chi connectivity index (χ0v) is 8.12. The minimum absolute atomic E-state index is 0.497. The summed E-state index contributed by atoms with van der Waals surface area (Å²) in [5, 5.41) is 3.42. The van der Waals surface area contributed by atoms with Gasteiger partial charge >= 0.3 is 0 Å². The van der Waals surface area contributed by atoms with Gasteiger partial charge in [-0.3, -0.25) is 4.98 Å². The minimum Gasteiger partial charge on any atom is -0.377 e. The number of pyridine rings is 1. The Morgan fingerprint density at radius 2 is 2.29 bits per heavy atom. The maximum atomic E-state index is 5.12. The van der Waals surface area contributed by atoms with Crippen LogP contribution in [0.25, 0.3) is 0 Å². The van der Waals surface area contributed by atoms with Gasteiger partial charge in [-0.1, -0.05) is 0 Å². The summed E-state index contributed by atoms with van der Waals surface area (Å²) >= 11 is 0. The lowest BCUT2D eigenvalue weighted by molar-refractivity contribution is 0.0211. The van der Waals surface area contributed by atoms with Crippen LogP contribution >= 0.6 is 0 Å². The van der Waals surface area contributed by atoms with Gasteiger partial charge in [-0.05, 0) is 30.9 Å². The third-order valence-electron chi connectivity index (χ3n) is 2.93. The Labute approximate surface area is 83.5 Å². The number of aromatic nitrogens is 1. The molecule has 74 valence electrons. The maximum Gasteiger partial charge on any atom is 0.0729 e. The lowest BCUT2D eigenvalue weighted by Crippen LogP contribution is -2.40. The van der Waals surface area contributed by atoms with Crippen LogP contribution in [0.4, 0.5) is 5.69 Å². The Hall–Kier alpha value is -1.09. The molecule has 1 aliphatic carbocycles. The van der Waals surface area contributed by atoms with E-state index in [9.17, 15) is 0 Å². The van der Waals surface area contributed by atoms with Crippen LogP contribution in [0.3, 0.4) is 0 Å². The molecule has 3 rings (SSSR count). The van der Waals surface area contributed by atoms with E-state index in [1.165, 1.54) is 24.1 Å². The van der Waals surface area contributed by atoms with E-state index in [4.69, 9.17) is 4.74 Å². The largest absolute Gasteiger partial charge is 0.377 e. The summed E-state index contributed by atoms with van der Waals surface area (Å²) in [7, 11) is 0. The van der Waals surface area contributed by atoms with Gasteiger partial charge in [0.1, 0.15) is 0 Å². The molecule has 14 heavy (non-hydrogen) atoms. The van der Waals surface area contributed by atoms with Gasteiger partial charge in [0, 0.05) is 5.69 Å². The van der Waals surface area contributed by atoms with Crippen LogP contribution in [0.5, 0.6) is 0 Å². The number of hydrogen-bond donors (Lipinski definition) is 1. The highest BCUT2D eigenvalue weighted by Gasteiger charge is 2.19. The van der Waals surface area contributed by atoms with Crippen LogP contribution in [-0.2, 0) is 17.6 Å². The average molecular weight is 190 g/mol. The third-order valence-corrected chi connectivity index (χ3v) is 2.93. The van der Waals surface area contributed by atoms with E-state index in [0.717, 1.165) is 25.3 Å². The van der Waals surface area contributed by atoms with Gasteiger partial charge in [-0.15, -0.1) is 0 Å². The van der Waals surface area contributed by atoms with Crippen molar-refractivity contribution < 1.29 is 4.74 Å². The van der Waals surface area contributed by atoms with E-state index in [1.54, 1.807) is 0 Å². The molecule has 0 radical (unpaired) electrons. The van der Waals surface area contributed by atoms with Crippen LogP contribution in [0.1, 0.15) is 17.7 Å². The molecule has 0 amide bonds. The first kappa shape index (κ1) is 8.24. The third kappa shape index (κ3) is 1.38. The van der Waals surface area contributed by atoms with Gasteiger partial charge in [0.25, 0.3) is 0 Å². The second-order valence-corrected chi connectivity index (χ2v) is 4.06. The average Bonchev–Trinajstić information content (AvgIpc) is 2.58. The van der Waals surface area contributed by atoms with E-state index in [0.29, 0.717) is 6.04 Å². The van der Waals surface area contributed by atoms with Crippen molar-refractivity contribution in [1.29, 1.82) is 0 Å². The fourth-order valence-corrected chi connectivity index (χ4v) is 2.06. The van der Waals surface area contributed by atoms with Crippen LogP contribution in [0.2, 0.25) is 0 Å². The summed E-state index contributed by atoms with van der Waals surface area (Å²) in [5.41, 5.74) is 3.87. The summed E-state index contributed by atoms with van der Waals surface area (Å²) in [6.45, 7) is 1.66. The number of hydrogen-bond acceptors (Lipinski definition) is 3. The van der Waals surface area contributed by atoms with E-state index in [-0.39, 0.29) is 0 Å². The molecule has 0 aromatic carbocycles. The molecule has 2 heterocycles. The van der Waals surface area contributed by atoms with Crippen molar-refractivity contribution in [1.82, 2.24) is 4.98 Å². The Bertz CT molecular complexity index is 347. The van der Waals surface area contributed by atoms with Crippen LogP contribution in [0.15, 0.2) is 12.3 Å². The first-order chi connectivity index (χ1) is 6.92. The quantitative estimate of drug-likeness (QED) is 0.765. The fourth-order valence-electron chi connectivity index (χ4n) is 2.06. The molecule has 1 fully saturated rings. The smallest absolute Gasteiger partial charge is 0.0729 e. The number of rotatable bonds is 2. The van der Waals surface area contributed by atoms with Crippen molar-refractivity contribution in [3.8, 4) is 0 Å². The van der Waals surface area contributed by atoms with Crippen LogP contribution in [0, 0.1) is 0 Å². The Morgan fingerprint density at radius 3 is 3.07 bits per heavy atom. The van der Waals surface area contributed by atoms with Crippen molar-refractivity contribution in [2.24, 2.45) is 0 Å². The van der Waals surface area contributed by atoms with Crippen molar-refractivity contribution >= 4 is 5.69 Å². The van der Waals surface area contributed by atoms with Gasteiger partial charge < -0.3 is 10.1 Å². The predicted molar refractivity (Wildman–Crippen MR) is 54.5 cm³/mol. The van der Waals surface area contributed by atoms with Crippen LogP contribution in [-0.4, -0.2) is 24.2 Å². The van der Waals surface area contributed by atoms with E-state index in [2.05, 4.69) is 16.4 Å². The molecule has 2 aliphatic rings. The zero-order chi connectivity index (χ0) is 9.38. The molecule has 1 aliphatic heterocycles. The zero-order valence-electron chi connectivity index (χ0n) is 8.12. The lowest BCUT2D eigenvalue weighted by Gasteiger charge is -2.27. The minimum atomic E-state index is 0.497. The Morgan fingerprint density at radius 1 is 1.36 bits per heavy atom. The second-order valence-electron chi connectivity index (χ2n) is 4.06. The highest BCUT2D eigenvalue weighted by Crippen LogP contribution is 2.23. The van der Waals surface area contributed by atoms with E-state index in [1.807, 2.05) is 6.20 Å². The first-order valence-electron chi connectivity index (χ1n) is 5.24. The highest BCUT2D eigenvalue weighted by molar-refractivity contribution is 5.47. The molecule has 1 aromatic rings. The summed E-state index contributed by atoms with van der Waals surface area (Å²) in [6, 6.07) is 2.74. The molecule has 0 atom stereocenters. The Balaban J connectivity index is 1.78. The highest BCUT2D eigenvalue weighted by atomic mass is 16.5. The first-order valence-corrected chi connectivity index (χ1v) is 5.24. The van der Waals surface area contributed by atoms with Crippen molar-refractivity contribution in [3.05, 3.63) is 23.5 Å². The normalized spacial score (nSPS) is 20.3. The molecule has 1 saturated heterocycles. The fraction of sp³-hybridized carbons (Fsp3) is 0.545. The van der Waals surface area contributed by atoms with E-state index >= 15 is 0 Å². The van der Waals surface area contributed by atoms with Gasteiger partial charge in [0.05, 0.1) is 31.1 Å². The SMILES string of the molecule is c1nc2c(cc1NC1COC1)CCC2. The number of aryl methyl sites for hydroxylation is 2. The molecule has 0 spiro atoms. The van der Waals surface area contributed by atoms with Gasteiger partial charge in [0.2, 0.25) is 0 Å². The van der Waals surface area contributed by atoms with Gasteiger partial charge in [-0.2, -0.15) is 0 Å². The predicted octanol–water partition coefficient (Wildman–Crippen LogP) is 1.38. The van der Waals surface area contributed by atoms with Gasteiger partial charge in [-0.25, -0.2) is 0 Å². The van der Waals surface area contributed by atoms with E-state index < -0.39 is 0 Å².